The molecule has 2 atom stereocenters. The maximum atomic E-state index is 9.30. The molecule has 4 nitrogen and oxygen atoms in total. The van der Waals surface area contributed by atoms with Gasteiger partial charge in [-0.05, 0) is 53.5 Å². The number of nitrogens with zero attached hydrogens (tertiary/aromatic N) is 1. The van der Waals surface area contributed by atoms with Crippen LogP contribution in [0.1, 0.15) is 25.8 Å². The standard InChI is InChI=1S/C16H25BrN2O2/c1-3-6-18-8-13-4-5-16(15(17)7-13)19-9-14(10-20)21-11-12(19)2/h4-5,7,12,14,18,20H,3,6,8-11H2,1-2H3. The van der Waals surface area contributed by atoms with E-state index in [2.05, 4.69) is 58.2 Å². The molecule has 21 heavy (non-hydrogen) atoms. The minimum Gasteiger partial charge on any atom is -0.394 e. The molecular formula is C16H25BrN2O2. The highest BCUT2D eigenvalue weighted by Gasteiger charge is 2.26. The van der Waals surface area contributed by atoms with Gasteiger partial charge in [0.1, 0.15) is 0 Å². The van der Waals surface area contributed by atoms with Crippen LogP contribution in [0.25, 0.3) is 0 Å². The number of aliphatic hydroxyl groups is 1. The Bertz CT molecular complexity index is 456. The average Bonchev–Trinajstić information content (AvgIpc) is 2.49. The molecule has 1 saturated heterocycles. The van der Waals surface area contributed by atoms with E-state index < -0.39 is 0 Å². The molecule has 2 N–H and O–H groups in total. The van der Waals surface area contributed by atoms with Crippen LogP contribution in [0.3, 0.4) is 0 Å². The van der Waals surface area contributed by atoms with Crippen molar-refractivity contribution >= 4 is 21.6 Å². The summed E-state index contributed by atoms with van der Waals surface area (Å²) in [5.74, 6) is 0. The number of ether oxygens (including phenoxy) is 1. The zero-order chi connectivity index (χ0) is 15.2. The second kappa shape index (κ2) is 8.13. The molecule has 2 rings (SSSR count). The van der Waals surface area contributed by atoms with Crippen LogP contribution >= 0.6 is 15.9 Å². The molecule has 1 aliphatic rings. The summed E-state index contributed by atoms with van der Waals surface area (Å²) in [5, 5.41) is 12.7. The summed E-state index contributed by atoms with van der Waals surface area (Å²) >= 11 is 3.69. The third-order valence-electron chi connectivity index (χ3n) is 3.79. The summed E-state index contributed by atoms with van der Waals surface area (Å²) in [7, 11) is 0. The van der Waals surface area contributed by atoms with Crippen LogP contribution < -0.4 is 10.2 Å². The highest BCUT2D eigenvalue weighted by Crippen LogP contribution is 2.30. The van der Waals surface area contributed by atoms with E-state index in [0.29, 0.717) is 12.6 Å². The first kappa shape index (κ1) is 16.7. The van der Waals surface area contributed by atoms with Gasteiger partial charge in [-0.1, -0.05) is 13.0 Å². The fraction of sp³-hybridized carbons (Fsp3) is 0.625. The van der Waals surface area contributed by atoms with Gasteiger partial charge in [-0.3, -0.25) is 0 Å². The zero-order valence-electron chi connectivity index (χ0n) is 12.8. The predicted octanol–water partition coefficient (Wildman–Crippen LogP) is 2.53. The van der Waals surface area contributed by atoms with Crippen molar-refractivity contribution in [1.29, 1.82) is 0 Å². The van der Waals surface area contributed by atoms with Gasteiger partial charge in [0.15, 0.2) is 0 Å². The van der Waals surface area contributed by atoms with Gasteiger partial charge in [0.05, 0.1) is 25.0 Å². The molecule has 5 heteroatoms. The first-order chi connectivity index (χ1) is 10.2. The molecule has 2 unspecified atom stereocenters. The predicted molar refractivity (Wildman–Crippen MR) is 89.8 cm³/mol. The molecule has 0 aliphatic carbocycles. The Morgan fingerprint density at radius 3 is 2.95 bits per heavy atom. The maximum absolute atomic E-state index is 9.30. The second-order valence-corrected chi connectivity index (χ2v) is 6.46. The number of benzene rings is 1. The second-order valence-electron chi connectivity index (χ2n) is 5.60. The molecule has 0 radical (unpaired) electrons. The van der Waals surface area contributed by atoms with Gasteiger partial charge in [-0.2, -0.15) is 0 Å². The minimum absolute atomic E-state index is 0.0693. The van der Waals surface area contributed by atoms with Gasteiger partial charge in [-0.15, -0.1) is 0 Å². The SMILES string of the molecule is CCCNCc1ccc(N2CC(CO)OCC2C)c(Br)c1. The number of aliphatic hydroxyl groups excluding tert-OH is 1. The van der Waals surface area contributed by atoms with Crippen LogP contribution in [0.15, 0.2) is 22.7 Å². The summed E-state index contributed by atoms with van der Waals surface area (Å²) in [5.41, 5.74) is 2.45. The Labute approximate surface area is 135 Å². The third-order valence-corrected chi connectivity index (χ3v) is 4.42. The van der Waals surface area contributed by atoms with Crippen molar-refractivity contribution in [1.82, 2.24) is 5.32 Å². The average molecular weight is 357 g/mol. The zero-order valence-corrected chi connectivity index (χ0v) is 14.4. The first-order valence-electron chi connectivity index (χ1n) is 7.64. The van der Waals surface area contributed by atoms with E-state index in [4.69, 9.17) is 4.74 Å². The molecule has 0 spiro atoms. The fourth-order valence-corrected chi connectivity index (χ4v) is 3.22. The van der Waals surface area contributed by atoms with E-state index in [0.717, 1.165) is 30.5 Å². The monoisotopic (exact) mass is 356 g/mol. The van der Waals surface area contributed by atoms with E-state index in [1.54, 1.807) is 0 Å². The van der Waals surface area contributed by atoms with Crippen LogP contribution in [0.2, 0.25) is 0 Å². The number of anilines is 1. The summed E-state index contributed by atoms with van der Waals surface area (Å²) in [6.07, 6.45) is 1.05. The van der Waals surface area contributed by atoms with Gasteiger partial charge >= 0.3 is 0 Å². The molecule has 1 aromatic rings. The van der Waals surface area contributed by atoms with Gasteiger partial charge in [0.25, 0.3) is 0 Å². The quantitative estimate of drug-likeness (QED) is 0.768. The molecular weight excluding hydrogens is 332 g/mol. The van der Waals surface area contributed by atoms with E-state index in [1.165, 1.54) is 11.3 Å². The van der Waals surface area contributed by atoms with Crippen LogP contribution in [0.4, 0.5) is 5.69 Å². The van der Waals surface area contributed by atoms with Crippen LogP contribution in [-0.4, -0.2) is 43.6 Å². The number of nitrogens with one attached hydrogen (secondary N) is 1. The molecule has 1 aromatic carbocycles. The highest BCUT2D eigenvalue weighted by molar-refractivity contribution is 9.10. The lowest BCUT2D eigenvalue weighted by atomic mass is 10.1. The number of halogens is 1. The molecule has 0 bridgehead atoms. The largest absolute Gasteiger partial charge is 0.394 e. The van der Waals surface area contributed by atoms with Crippen LogP contribution in [0, 0.1) is 0 Å². The molecule has 1 fully saturated rings. The van der Waals surface area contributed by atoms with Crippen molar-refractivity contribution in [3.05, 3.63) is 28.2 Å². The maximum Gasteiger partial charge on any atom is 0.0981 e. The normalized spacial score (nSPS) is 22.6. The Kier molecular flexibility index (Phi) is 6.48. The summed E-state index contributed by atoms with van der Waals surface area (Å²) in [4.78, 5) is 2.30. The lowest BCUT2D eigenvalue weighted by Crippen LogP contribution is -2.49. The highest BCUT2D eigenvalue weighted by atomic mass is 79.9. The van der Waals surface area contributed by atoms with Crippen molar-refractivity contribution in [2.75, 3.05) is 31.2 Å². The molecule has 1 heterocycles. The van der Waals surface area contributed by atoms with Crippen LogP contribution in [0.5, 0.6) is 0 Å². The van der Waals surface area contributed by atoms with Crippen molar-refractivity contribution in [3.63, 3.8) is 0 Å². The van der Waals surface area contributed by atoms with Gasteiger partial charge in [-0.25, -0.2) is 0 Å². The van der Waals surface area contributed by atoms with E-state index in [-0.39, 0.29) is 12.7 Å². The topological polar surface area (TPSA) is 44.7 Å². The third kappa shape index (κ3) is 4.42. The van der Waals surface area contributed by atoms with Crippen LogP contribution in [-0.2, 0) is 11.3 Å². The molecule has 118 valence electrons. The lowest BCUT2D eigenvalue weighted by molar-refractivity contribution is -0.0103. The molecule has 0 saturated carbocycles. The van der Waals surface area contributed by atoms with Crippen molar-refractivity contribution in [2.24, 2.45) is 0 Å². The lowest BCUT2D eigenvalue weighted by Gasteiger charge is -2.39. The fourth-order valence-electron chi connectivity index (χ4n) is 2.57. The Morgan fingerprint density at radius 2 is 2.29 bits per heavy atom. The summed E-state index contributed by atoms with van der Waals surface area (Å²) in [6, 6.07) is 6.81. The number of morpholine rings is 1. The Balaban J connectivity index is 2.08. The molecule has 0 aromatic heterocycles. The van der Waals surface area contributed by atoms with Crippen molar-refractivity contribution in [3.8, 4) is 0 Å². The minimum atomic E-state index is -0.0982. The Morgan fingerprint density at radius 1 is 1.48 bits per heavy atom. The number of rotatable bonds is 6. The number of hydrogen-bond donors (Lipinski definition) is 2. The van der Waals surface area contributed by atoms with E-state index in [9.17, 15) is 5.11 Å². The van der Waals surface area contributed by atoms with Gasteiger partial charge < -0.3 is 20.1 Å². The number of hydrogen-bond acceptors (Lipinski definition) is 4. The van der Waals surface area contributed by atoms with E-state index in [1.807, 2.05) is 0 Å². The Hall–Kier alpha value is -0.620. The van der Waals surface area contributed by atoms with Crippen molar-refractivity contribution < 1.29 is 9.84 Å². The first-order valence-corrected chi connectivity index (χ1v) is 8.43. The van der Waals surface area contributed by atoms with Gasteiger partial charge in [0, 0.05) is 23.6 Å². The smallest absolute Gasteiger partial charge is 0.0981 e. The van der Waals surface area contributed by atoms with Crippen molar-refractivity contribution in [2.45, 2.75) is 39.0 Å². The summed E-state index contributed by atoms with van der Waals surface area (Å²) < 4.78 is 6.70. The van der Waals surface area contributed by atoms with E-state index >= 15 is 0 Å². The molecule has 0 amide bonds. The molecule has 1 aliphatic heterocycles. The van der Waals surface area contributed by atoms with Gasteiger partial charge in [0.2, 0.25) is 0 Å². The summed E-state index contributed by atoms with van der Waals surface area (Å²) in [6.45, 7) is 7.70.